The normalized spacial score (nSPS) is 11.2. The molecule has 7 heteroatoms. The van der Waals surface area contributed by atoms with E-state index in [1.165, 1.54) is 0 Å². The van der Waals surface area contributed by atoms with Crippen molar-refractivity contribution in [2.45, 2.75) is 18.6 Å². The van der Waals surface area contributed by atoms with Crippen LogP contribution in [-0.4, -0.2) is 32.0 Å². The summed E-state index contributed by atoms with van der Waals surface area (Å²) in [5.74, 6) is 1.98. The second kappa shape index (κ2) is 7.52. The maximum absolute atomic E-state index is 13.2. The molecule has 2 aromatic carbocycles. The van der Waals surface area contributed by atoms with E-state index >= 15 is 0 Å². The van der Waals surface area contributed by atoms with Gasteiger partial charge in [-0.1, -0.05) is 54.2 Å². The van der Waals surface area contributed by atoms with Gasteiger partial charge in [0.1, 0.15) is 5.75 Å². The van der Waals surface area contributed by atoms with Gasteiger partial charge in [-0.05, 0) is 25.1 Å². The topological polar surface area (TPSA) is 61.4 Å². The van der Waals surface area contributed by atoms with Crippen molar-refractivity contribution in [1.82, 2.24) is 19.2 Å². The van der Waals surface area contributed by atoms with Crippen molar-refractivity contribution in [2.75, 3.05) is 12.9 Å². The summed E-state index contributed by atoms with van der Waals surface area (Å²) in [6.45, 7) is 6.28. The van der Waals surface area contributed by atoms with Crippen molar-refractivity contribution in [3.05, 3.63) is 76.6 Å². The molecule has 0 aliphatic heterocycles. The lowest BCUT2D eigenvalue weighted by Crippen LogP contribution is -2.24. The lowest BCUT2D eigenvalue weighted by atomic mass is 10.2. The summed E-state index contributed by atoms with van der Waals surface area (Å²) in [4.78, 5) is 13.2. The highest BCUT2D eigenvalue weighted by Gasteiger charge is 2.17. The van der Waals surface area contributed by atoms with Crippen molar-refractivity contribution in [3.63, 3.8) is 0 Å². The molecule has 0 saturated carbocycles. The molecule has 4 aromatic rings. The first kappa shape index (κ1) is 18.3. The van der Waals surface area contributed by atoms with E-state index in [0.717, 1.165) is 33.3 Å². The Balaban J connectivity index is 1.96. The van der Waals surface area contributed by atoms with E-state index in [-0.39, 0.29) is 5.56 Å². The Labute approximate surface area is 166 Å². The van der Waals surface area contributed by atoms with Gasteiger partial charge in [0.25, 0.3) is 5.56 Å². The van der Waals surface area contributed by atoms with Crippen LogP contribution in [0.25, 0.3) is 16.7 Å². The number of para-hydroxylation sites is 2. The molecule has 0 aliphatic rings. The number of ether oxygens (including phenoxy) is 1. The van der Waals surface area contributed by atoms with Crippen molar-refractivity contribution in [1.29, 1.82) is 0 Å². The number of nitrogens with zero attached hydrogens (tertiary/aromatic N) is 4. The largest absolute Gasteiger partial charge is 0.496 e. The molecule has 0 aliphatic carbocycles. The van der Waals surface area contributed by atoms with Crippen LogP contribution in [0.5, 0.6) is 5.75 Å². The van der Waals surface area contributed by atoms with Gasteiger partial charge in [-0.2, -0.15) is 0 Å². The number of benzene rings is 2. The number of thioether (sulfide) groups is 1. The first-order valence-electron chi connectivity index (χ1n) is 8.86. The number of aromatic nitrogens is 4. The Hall–Kier alpha value is -3.06. The van der Waals surface area contributed by atoms with E-state index in [0.29, 0.717) is 17.7 Å². The van der Waals surface area contributed by atoms with Crippen LogP contribution < -0.4 is 10.3 Å². The molecule has 0 atom stereocenters. The highest BCUT2D eigenvalue weighted by Crippen LogP contribution is 2.24. The van der Waals surface area contributed by atoms with Gasteiger partial charge in [-0.3, -0.25) is 13.8 Å². The minimum atomic E-state index is -0.0992. The van der Waals surface area contributed by atoms with E-state index in [1.54, 1.807) is 23.4 Å². The smallest absolute Gasteiger partial charge is 0.263 e. The Morgan fingerprint density at radius 3 is 2.68 bits per heavy atom. The number of hydrogen-bond donors (Lipinski definition) is 0. The molecule has 0 fully saturated rings. The molecule has 0 saturated heterocycles. The Kier molecular flexibility index (Phi) is 4.92. The van der Waals surface area contributed by atoms with Gasteiger partial charge < -0.3 is 4.74 Å². The third-order valence-corrected chi connectivity index (χ3v) is 5.61. The number of methoxy groups -OCH3 is 1. The fourth-order valence-electron chi connectivity index (χ4n) is 3.16. The Morgan fingerprint density at radius 1 is 1.14 bits per heavy atom. The molecule has 142 valence electrons. The van der Waals surface area contributed by atoms with Gasteiger partial charge in [0.15, 0.2) is 5.16 Å². The number of rotatable bonds is 6. The van der Waals surface area contributed by atoms with Crippen LogP contribution >= 0.6 is 11.8 Å². The average molecular weight is 392 g/mol. The molecule has 2 aromatic heterocycles. The van der Waals surface area contributed by atoms with Crippen LogP contribution in [0.4, 0.5) is 0 Å². The van der Waals surface area contributed by atoms with Crippen LogP contribution in [0.15, 0.2) is 70.6 Å². The molecule has 28 heavy (non-hydrogen) atoms. The summed E-state index contributed by atoms with van der Waals surface area (Å²) in [6, 6.07) is 15.2. The van der Waals surface area contributed by atoms with E-state index in [2.05, 4.69) is 16.8 Å². The van der Waals surface area contributed by atoms with Crippen LogP contribution in [0.3, 0.4) is 0 Å². The minimum absolute atomic E-state index is 0.0992. The fourth-order valence-corrected chi connectivity index (χ4v) is 3.94. The molecule has 0 amide bonds. The molecule has 4 rings (SSSR count). The first-order valence-corrected chi connectivity index (χ1v) is 9.84. The predicted molar refractivity (Wildman–Crippen MR) is 112 cm³/mol. The van der Waals surface area contributed by atoms with Crippen LogP contribution in [0.1, 0.15) is 12.5 Å². The third kappa shape index (κ3) is 3.18. The predicted octanol–water partition coefficient (Wildman–Crippen LogP) is 3.77. The quantitative estimate of drug-likeness (QED) is 0.369. The Morgan fingerprint density at radius 2 is 1.89 bits per heavy atom. The molecule has 0 radical (unpaired) electrons. The molecular weight excluding hydrogens is 372 g/mol. The first-order chi connectivity index (χ1) is 13.6. The maximum atomic E-state index is 13.2. The van der Waals surface area contributed by atoms with Gasteiger partial charge >= 0.3 is 0 Å². The lowest BCUT2D eigenvalue weighted by molar-refractivity contribution is 0.408. The SMILES string of the molecule is C=C(C)CSc1nnc2n(Cc3ccccc3OC)c(=O)c3ccccc3n12. The van der Waals surface area contributed by atoms with Crippen LogP contribution in [-0.2, 0) is 6.54 Å². The molecular formula is C21H20N4O2S. The molecule has 0 spiro atoms. The molecule has 0 N–H and O–H groups in total. The molecule has 0 unspecified atom stereocenters. The molecule has 2 heterocycles. The van der Waals surface area contributed by atoms with Gasteiger partial charge in [-0.25, -0.2) is 0 Å². The fraction of sp³-hybridized carbons (Fsp3) is 0.190. The van der Waals surface area contributed by atoms with Crippen molar-refractivity contribution in [2.24, 2.45) is 0 Å². The summed E-state index contributed by atoms with van der Waals surface area (Å²) in [5, 5.41) is 10.1. The summed E-state index contributed by atoms with van der Waals surface area (Å²) in [5.41, 5.74) is 2.66. The van der Waals surface area contributed by atoms with Crippen molar-refractivity contribution >= 4 is 28.4 Å². The van der Waals surface area contributed by atoms with Gasteiger partial charge in [0.05, 0.1) is 24.6 Å². The maximum Gasteiger partial charge on any atom is 0.263 e. The summed E-state index contributed by atoms with van der Waals surface area (Å²) >= 11 is 1.56. The van der Waals surface area contributed by atoms with E-state index in [9.17, 15) is 4.79 Å². The van der Waals surface area contributed by atoms with Gasteiger partial charge in [-0.15, -0.1) is 10.2 Å². The van der Waals surface area contributed by atoms with Gasteiger partial charge in [0, 0.05) is 11.3 Å². The lowest BCUT2D eigenvalue weighted by Gasteiger charge is -2.13. The highest BCUT2D eigenvalue weighted by molar-refractivity contribution is 7.99. The average Bonchev–Trinajstić information content (AvgIpc) is 3.14. The zero-order valence-electron chi connectivity index (χ0n) is 15.8. The zero-order valence-corrected chi connectivity index (χ0v) is 16.6. The third-order valence-electron chi connectivity index (χ3n) is 4.45. The number of hydrogen-bond acceptors (Lipinski definition) is 5. The molecule has 6 nitrogen and oxygen atoms in total. The van der Waals surface area contributed by atoms with Crippen molar-refractivity contribution in [3.8, 4) is 5.75 Å². The van der Waals surface area contributed by atoms with E-state index in [1.807, 2.05) is 59.9 Å². The monoisotopic (exact) mass is 392 g/mol. The Bertz CT molecular complexity index is 1240. The van der Waals surface area contributed by atoms with Crippen LogP contribution in [0, 0.1) is 0 Å². The molecule has 0 bridgehead atoms. The number of fused-ring (bicyclic) bond motifs is 3. The van der Waals surface area contributed by atoms with Crippen LogP contribution in [0.2, 0.25) is 0 Å². The zero-order chi connectivity index (χ0) is 19.7. The summed E-state index contributed by atoms with van der Waals surface area (Å²) in [6.07, 6.45) is 0. The second-order valence-corrected chi connectivity index (χ2v) is 7.53. The minimum Gasteiger partial charge on any atom is -0.496 e. The van der Waals surface area contributed by atoms with E-state index in [4.69, 9.17) is 4.74 Å². The van der Waals surface area contributed by atoms with E-state index < -0.39 is 0 Å². The standard InChI is InChI=1S/C21H20N4O2S/c1-14(2)13-28-21-23-22-20-24(12-15-8-4-7-11-18(15)27-3)19(26)16-9-5-6-10-17(16)25(20)21/h4-11H,1,12-13H2,2-3H3. The summed E-state index contributed by atoms with van der Waals surface area (Å²) < 4.78 is 9.05. The highest BCUT2D eigenvalue weighted by atomic mass is 32.2. The van der Waals surface area contributed by atoms with Crippen molar-refractivity contribution < 1.29 is 4.74 Å². The van der Waals surface area contributed by atoms with Gasteiger partial charge in [0.2, 0.25) is 5.78 Å². The second-order valence-electron chi connectivity index (χ2n) is 6.58. The summed E-state index contributed by atoms with van der Waals surface area (Å²) in [7, 11) is 1.63.